The molecular weight excluding hydrogens is 244 g/mol. The van der Waals surface area contributed by atoms with Crippen LogP contribution in [0.2, 0.25) is 5.02 Å². The first-order valence-electron chi connectivity index (χ1n) is 5.72. The van der Waals surface area contributed by atoms with Crippen molar-refractivity contribution in [2.75, 3.05) is 5.32 Å². The van der Waals surface area contributed by atoms with Gasteiger partial charge in [-0.15, -0.1) is 0 Å². The molecule has 2 nitrogen and oxygen atoms in total. The summed E-state index contributed by atoms with van der Waals surface area (Å²) in [5, 5.41) is 12.6. The number of nitrogens with zero attached hydrogens (tertiary/aromatic N) is 1. The number of hydrogen-bond donors (Lipinski definition) is 1. The molecule has 1 N–H and O–H groups in total. The second-order valence-electron chi connectivity index (χ2n) is 4.08. The van der Waals surface area contributed by atoms with Gasteiger partial charge in [0.15, 0.2) is 0 Å². The van der Waals surface area contributed by atoms with E-state index in [0.717, 1.165) is 5.69 Å². The molecule has 0 aliphatic carbocycles. The molecule has 18 heavy (non-hydrogen) atoms. The average molecular weight is 257 g/mol. The van der Waals surface area contributed by atoms with Gasteiger partial charge in [-0.1, -0.05) is 41.9 Å². The summed E-state index contributed by atoms with van der Waals surface area (Å²) >= 11 is 6.00. The lowest BCUT2D eigenvalue weighted by Crippen LogP contribution is -2.06. The van der Waals surface area contributed by atoms with E-state index in [2.05, 4.69) is 24.4 Å². The zero-order valence-electron chi connectivity index (χ0n) is 10.0. The van der Waals surface area contributed by atoms with E-state index in [-0.39, 0.29) is 6.04 Å². The minimum Gasteiger partial charge on any atom is -0.378 e. The maximum Gasteiger partial charge on any atom is 0.101 e. The van der Waals surface area contributed by atoms with Crippen molar-refractivity contribution in [1.29, 1.82) is 5.26 Å². The zero-order chi connectivity index (χ0) is 13.0. The number of halogens is 1. The summed E-state index contributed by atoms with van der Waals surface area (Å²) in [6, 6.07) is 17.8. The maximum absolute atomic E-state index is 8.81. The summed E-state index contributed by atoms with van der Waals surface area (Å²) in [5.41, 5.74) is 2.61. The predicted molar refractivity (Wildman–Crippen MR) is 74.6 cm³/mol. The largest absolute Gasteiger partial charge is 0.378 e. The van der Waals surface area contributed by atoms with Crippen LogP contribution in [0.4, 0.5) is 5.69 Å². The van der Waals surface area contributed by atoms with Gasteiger partial charge in [-0.3, -0.25) is 0 Å². The number of anilines is 1. The lowest BCUT2D eigenvalue weighted by atomic mass is 10.1. The molecule has 0 aliphatic heterocycles. The lowest BCUT2D eigenvalue weighted by molar-refractivity contribution is 0.885. The van der Waals surface area contributed by atoms with Crippen molar-refractivity contribution in [1.82, 2.24) is 0 Å². The average Bonchev–Trinajstić information content (AvgIpc) is 2.40. The van der Waals surface area contributed by atoms with Crippen LogP contribution in [-0.2, 0) is 0 Å². The molecule has 0 aromatic heterocycles. The Hall–Kier alpha value is -1.98. The smallest absolute Gasteiger partial charge is 0.101 e. The lowest BCUT2D eigenvalue weighted by Gasteiger charge is -2.16. The van der Waals surface area contributed by atoms with Crippen molar-refractivity contribution >= 4 is 17.3 Å². The number of hydrogen-bond acceptors (Lipinski definition) is 2. The Balaban J connectivity index is 2.15. The Labute approximate surface area is 112 Å². The van der Waals surface area contributed by atoms with Gasteiger partial charge in [0.2, 0.25) is 0 Å². The van der Waals surface area contributed by atoms with Crippen LogP contribution in [0.25, 0.3) is 0 Å². The third-order valence-electron chi connectivity index (χ3n) is 2.77. The van der Waals surface area contributed by atoms with Gasteiger partial charge in [-0.25, -0.2) is 0 Å². The van der Waals surface area contributed by atoms with E-state index < -0.39 is 0 Å². The molecule has 2 rings (SSSR count). The molecule has 0 saturated heterocycles. The van der Waals surface area contributed by atoms with Crippen molar-refractivity contribution in [3.8, 4) is 6.07 Å². The van der Waals surface area contributed by atoms with Gasteiger partial charge in [0.1, 0.15) is 6.07 Å². The molecule has 1 atom stereocenters. The van der Waals surface area contributed by atoms with Gasteiger partial charge in [-0.2, -0.15) is 5.26 Å². The highest BCUT2D eigenvalue weighted by molar-refractivity contribution is 6.32. The predicted octanol–water partition coefficient (Wildman–Crippen LogP) is 4.38. The van der Waals surface area contributed by atoms with E-state index in [0.29, 0.717) is 10.6 Å². The molecule has 0 radical (unpaired) electrons. The van der Waals surface area contributed by atoms with Crippen LogP contribution >= 0.6 is 11.6 Å². The van der Waals surface area contributed by atoms with E-state index in [9.17, 15) is 0 Å². The first kappa shape index (κ1) is 12.5. The fourth-order valence-electron chi connectivity index (χ4n) is 1.77. The van der Waals surface area contributed by atoms with Gasteiger partial charge in [-0.05, 0) is 30.7 Å². The third kappa shape index (κ3) is 2.82. The molecule has 3 heteroatoms. The second-order valence-corrected chi connectivity index (χ2v) is 4.49. The molecule has 0 heterocycles. The summed E-state index contributed by atoms with van der Waals surface area (Å²) < 4.78 is 0. The topological polar surface area (TPSA) is 35.8 Å². The molecule has 0 fully saturated rings. The van der Waals surface area contributed by atoms with Gasteiger partial charge < -0.3 is 5.32 Å². The van der Waals surface area contributed by atoms with Crippen molar-refractivity contribution in [2.45, 2.75) is 13.0 Å². The van der Waals surface area contributed by atoms with E-state index in [1.54, 1.807) is 12.1 Å². The normalized spacial score (nSPS) is 11.6. The molecular formula is C15H13ClN2. The minimum absolute atomic E-state index is 0.190. The van der Waals surface area contributed by atoms with Crippen LogP contribution in [0.3, 0.4) is 0 Å². The molecule has 2 aromatic rings. The van der Waals surface area contributed by atoms with Crippen molar-refractivity contribution in [3.05, 3.63) is 64.7 Å². The van der Waals surface area contributed by atoms with Gasteiger partial charge >= 0.3 is 0 Å². The first-order chi connectivity index (χ1) is 8.70. The van der Waals surface area contributed by atoms with Crippen LogP contribution < -0.4 is 5.32 Å². The van der Waals surface area contributed by atoms with Crippen molar-refractivity contribution in [2.24, 2.45) is 0 Å². The summed E-state index contributed by atoms with van der Waals surface area (Å²) in [4.78, 5) is 0. The van der Waals surface area contributed by atoms with Crippen LogP contribution in [0.5, 0.6) is 0 Å². The van der Waals surface area contributed by atoms with Crippen molar-refractivity contribution < 1.29 is 0 Å². The highest BCUT2D eigenvalue weighted by Gasteiger charge is 2.06. The van der Waals surface area contributed by atoms with Crippen molar-refractivity contribution in [3.63, 3.8) is 0 Å². The third-order valence-corrected chi connectivity index (χ3v) is 3.08. The standard InChI is InChI=1S/C15H13ClN2/c1-11(12-5-3-2-4-6-12)18-14-8-7-13(10-17)15(16)9-14/h2-9,11,18H,1H3. The van der Waals surface area contributed by atoms with E-state index >= 15 is 0 Å². The monoisotopic (exact) mass is 256 g/mol. The van der Waals surface area contributed by atoms with E-state index in [1.807, 2.05) is 30.3 Å². The quantitative estimate of drug-likeness (QED) is 0.884. The fraction of sp³-hybridized carbons (Fsp3) is 0.133. The first-order valence-corrected chi connectivity index (χ1v) is 6.09. The van der Waals surface area contributed by atoms with Crippen LogP contribution in [-0.4, -0.2) is 0 Å². The summed E-state index contributed by atoms with van der Waals surface area (Å²) in [5.74, 6) is 0. The van der Waals surface area contributed by atoms with E-state index in [1.165, 1.54) is 5.56 Å². The fourth-order valence-corrected chi connectivity index (χ4v) is 1.99. The molecule has 2 aromatic carbocycles. The number of nitriles is 1. The number of nitrogens with one attached hydrogen (secondary N) is 1. The molecule has 1 unspecified atom stereocenters. The number of rotatable bonds is 3. The Morgan fingerprint density at radius 1 is 1.17 bits per heavy atom. The summed E-state index contributed by atoms with van der Waals surface area (Å²) in [6.45, 7) is 2.08. The summed E-state index contributed by atoms with van der Waals surface area (Å²) in [6.07, 6.45) is 0. The Kier molecular flexibility index (Phi) is 3.86. The van der Waals surface area contributed by atoms with Gasteiger partial charge in [0.25, 0.3) is 0 Å². The zero-order valence-corrected chi connectivity index (χ0v) is 10.8. The maximum atomic E-state index is 8.81. The molecule has 0 bridgehead atoms. The van der Waals surface area contributed by atoms with Crippen LogP contribution in [0.1, 0.15) is 24.1 Å². The highest BCUT2D eigenvalue weighted by atomic mass is 35.5. The minimum atomic E-state index is 0.190. The van der Waals surface area contributed by atoms with Crippen LogP contribution in [0, 0.1) is 11.3 Å². The Morgan fingerprint density at radius 3 is 2.50 bits per heavy atom. The second kappa shape index (κ2) is 5.57. The molecule has 0 aliphatic rings. The molecule has 0 amide bonds. The van der Waals surface area contributed by atoms with E-state index in [4.69, 9.17) is 16.9 Å². The SMILES string of the molecule is CC(Nc1ccc(C#N)c(Cl)c1)c1ccccc1. The highest BCUT2D eigenvalue weighted by Crippen LogP contribution is 2.24. The molecule has 90 valence electrons. The Bertz CT molecular complexity index is 573. The van der Waals surface area contributed by atoms with Gasteiger partial charge in [0.05, 0.1) is 10.6 Å². The molecule has 0 spiro atoms. The van der Waals surface area contributed by atoms with Gasteiger partial charge in [0, 0.05) is 11.7 Å². The molecule has 0 saturated carbocycles. The summed E-state index contributed by atoms with van der Waals surface area (Å²) in [7, 11) is 0. The number of benzene rings is 2. The Morgan fingerprint density at radius 2 is 1.89 bits per heavy atom. The van der Waals surface area contributed by atoms with Crippen LogP contribution in [0.15, 0.2) is 48.5 Å².